The Kier molecular flexibility index (Phi) is 3.08. The molecule has 0 aliphatic carbocycles. The van der Waals surface area contributed by atoms with E-state index in [1.807, 2.05) is 13.8 Å². The van der Waals surface area contributed by atoms with E-state index in [9.17, 15) is 4.79 Å². The Morgan fingerprint density at radius 1 is 1.35 bits per heavy atom. The minimum Gasteiger partial charge on any atom is -0.480 e. The third-order valence-corrected chi connectivity index (χ3v) is 2.49. The predicted octanol–water partition coefficient (Wildman–Crippen LogP) is 1.30. The summed E-state index contributed by atoms with van der Waals surface area (Å²) < 4.78 is 16.0. The van der Waals surface area contributed by atoms with Gasteiger partial charge in [0.15, 0.2) is 17.6 Å². The maximum atomic E-state index is 11.2. The lowest BCUT2D eigenvalue weighted by Gasteiger charge is -2.19. The van der Waals surface area contributed by atoms with E-state index in [0.29, 0.717) is 17.2 Å². The highest BCUT2D eigenvalue weighted by Crippen LogP contribution is 2.35. The molecule has 1 heterocycles. The van der Waals surface area contributed by atoms with Crippen LogP contribution in [0.3, 0.4) is 0 Å². The lowest BCUT2D eigenvalue weighted by molar-refractivity contribution is -0.126. The van der Waals surface area contributed by atoms with Crippen molar-refractivity contribution < 1.29 is 19.0 Å². The molecule has 0 spiro atoms. The smallest absolute Gasteiger partial charge is 0.258 e. The highest BCUT2D eigenvalue weighted by atomic mass is 16.7. The molecule has 0 saturated carbocycles. The zero-order valence-electron chi connectivity index (χ0n) is 9.80. The molecule has 5 nitrogen and oxygen atoms in total. The molecule has 17 heavy (non-hydrogen) atoms. The fraction of sp³-hybridized carbons (Fsp3) is 0.417. The molecule has 0 saturated heterocycles. The van der Waals surface area contributed by atoms with Crippen molar-refractivity contribution in [2.45, 2.75) is 20.0 Å². The van der Waals surface area contributed by atoms with Gasteiger partial charge < -0.3 is 19.9 Å². The van der Waals surface area contributed by atoms with Crippen molar-refractivity contribution in [3.8, 4) is 17.2 Å². The van der Waals surface area contributed by atoms with Gasteiger partial charge >= 0.3 is 0 Å². The van der Waals surface area contributed by atoms with Crippen LogP contribution in [0, 0.1) is 5.92 Å². The Morgan fingerprint density at radius 3 is 2.71 bits per heavy atom. The predicted molar refractivity (Wildman–Crippen MR) is 61.0 cm³/mol. The minimum atomic E-state index is -0.643. The second kappa shape index (κ2) is 4.53. The highest BCUT2D eigenvalue weighted by Gasteiger charge is 2.22. The Balaban J connectivity index is 2.15. The Morgan fingerprint density at radius 2 is 2.06 bits per heavy atom. The number of primary amides is 1. The highest BCUT2D eigenvalue weighted by molar-refractivity contribution is 5.79. The SMILES string of the molecule is CC(C)C(Oc1ccc2c(c1)OCO2)C(N)=O. The first-order chi connectivity index (χ1) is 8.08. The van der Waals surface area contributed by atoms with Crippen LogP contribution >= 0.6 is 0 Å². The lowest BCUT2D eigenvalue weighted by Crippen LogP contribution is -2.37. The van der Waals surface area contributed by atoms with E-state index in [2.05, 4.69) is 0 Å². The first kappa shape index (κ1) is 11.6. The number of amides is 1. The van der Waals surface area contributed by atoms with Gasteiger partial charge in [0.2, 0.25) is 6.79 Å². The summed E-state index contributed by atoms with van der Waals surface area (Å²) in [5.74, 6) is 1.38. The molecule has 0 fully saturated rings. The Bertz CT molecular complexity index is 431. The monoisotopic (exact) mass is 237 g/mol. The van der Waals surface area contributed by atoms with Gasteiger partial charge in [-0.15, -0.1) is 0 Å². The van der Waals surface area contributed by atoms with Crippen LogP contribution in [0.15, 0.2) is 18.2 Å². The first-order valence-corrected chi connectivity index (χ1v) is 5.43. The number of benzene rings is 1. The average Bonchev–Trinajstić information content (AvgIpc) is 2.71. The van der Waals surface area contributed by atoms with Crippen LogP contribution in [0.5, 0.6) is 17.2 Å². The van der Waals surface area contributed by atoms with Crippen LogP contribution < -0.4 is 19.9 Å². The summed E-state index contributed by atoms with van der Waals surface area (Å²) in [6.07, 6.45) is -0.643. The standard InChI is InChI=1S/C12H15NO4/c1-7(2)11(12(13)14)17-8-3-4-9-10(5-8)16-6-15-9/h3-5,7,11H,6H2,1-2H3,(H2,13,14). The van der Waals surface area contributed by atoms with Crippen LogP contribution in [0.1, 0.15) is 13.8 Å². The zero-order valence-corrected chi connectivity index (χ0v) is 9.80. The molecule has 5 heteroatoms. The summed E-state index contributed by atoms with van der Waals surface area (Å²) in [6.45, 7) is 3.97. The number of hydrogen-bond donors (Lipinski definition) is 1. The van der Waals surface area contributed by atoms with E-state index in [0.717, 1.165) is 0 Å². The average molecular weight is 237 g/mol. The number of ether oxygens (including phenoxy) is 3. The Labute approximate surface area is 99.5 Å². The molecule has 0 bridgehead atoms. The van der Waals surface area contributed by atoms with Crippen LogP contribution in [0.4, 0.5) is 0 Å². The summed E-state index contributed by atoms with van der Waals surface area (Å²) in [7, 11) is 0. The number of hydrogen-bond acceptors (Lipinski definition) is 4. The van der Waals surface area contributed by atoms with Gasteiger partial charge in [-0.1, -0.05) is 13.8 Å². The van der Waals surface area contributed by atoms with Gasteiger partial charge in [0.1, 0.15) is 5.75 Å². The van der Waals surface area contributed by atoms with Crippen molar-refractivity contribution in [3.05, 3.63) is 18.2 Å². The van der Waals surface area contributed by atoms with E-state index >= 15 is 0 Å². The zero-order chi connectivity index (χ0) is 12.4. The fourth-order valence-corrected chi connectivity index (χ4v) is 1.62. The number of carbonyl (C=O) groups is 1. The molecule has 1 atom stereocenters. The van der Waals surface area contributed by atoms with E-state index in [4.69, 9.17) is 19.9 Å². The van der Waals surface area contributed by atoms with Crippen LogP contribution in [-0.2, 0) is 4.79 Å². The van der Waals surface area contributed by atoms with Crippen molar-refractivity contribution in [2.24, 2.45) is 11.7 Å². The fourth-order valence-electron chi connectivity index (χ4n) is 1.62. The van der Waals surface area contributed by atoms with E-state index in [1.165, 1.54) is 0 Å². The van der Waals surface area contributed by atoms with Crippen LogP contribution in [0.25, 0.3) is 0 Å². The maximum absolute atomic E-state index is 11.2. The summed E-state index contributed by atoms with van der Waals surface area (Å²) in [5, 5.41) is 0. The molecule has 1 unspecified atom stereocenters. The number of rotatable bonds is 4. The van der Waals surface area contributed by atoms with E-state index in [-0.39, 0.29) is 12.7 Å². The number of nitrogens with two attached hydrogens (primary N) is 1. The molecule has 92 valence electrons. The largest absolute Gasteiger partial charge is 0.480 e. The molecule has 2 N–H and O–H groups in total. The van der Waals surface area contributed by atoms with Gasteiger partial charge in [-0.3, -0.25) is 4.79 Å². The topological polar surface area (TPSA) is 70.8 Å². The van der Waals surface area contributed by atoms with Crippen molar-refractivity contribution >= 4 is 5.91 Å². The minimum absolute atomic E-state index is 0.0120. The van der Waals surface area contributed by atoms with Gasteiger partial charge in [-0.2, -0.15) is 0 Å². The van der Waals surface area contributed by atoms with Gasteiger partial charge in [0.05, 0.1) is 0 Å². The molecule has 1 aliphatic heterocycles. The maximum Gasteiger partial charge on any atom is 0.258 e. The number of carbonyl (C=O) groups excluding carboxylic acids is 1. The van der Waals surface area contributed by atoms with Crippen LogP contribution in [0.2, 0.25) is 0 Å². The molecule has 1 aromatic rings. The summed E-state index contributed by atoms with van der Waals surface area (Å²) >= 11 is 0. The normalized spacial score (nSPS) is 14.8. The summed E-state index contributed by atoms with van der Waals surface area (Å²) in [6, 6.07) is 5.17. The Hall–Kier alpha value is -1.91. The lowest BCUT2D eigenvalue weighted by atomic mass is 10.1. The second-order valence-electron chi connectivity index (χ2n) is 4.20. The second-order valence-corrected chi connectivity index (χ2v) is 4.20. The van der Waals surface area contributed by atoms with Crippen molar-refractivity contribution in [2.75, 3.05) is 6.79 Å². The number of fused-ring (bicyclic) bond motifs is 1. The molecular formula is C12H15NO4. The molecule has 0 aromatic heterocycles. The van der Waals surface area contributed by atoms with E-state index in [1.54, 1.807) is 18.2 Å². The summed E-state index contributed by atoms with van der Waals surface area (Å²) in [5.41, 5.74) is 5.28. The molecule has 1 aromatic carbocycles. The van der Waals surface area contributed by atoms with Gasteiger partial charge in [-0.05, 0) is 18.1 Å². The van der Waals surface area contributed by atoms with Gasteiger partial charge in [-0.25, -0.2) is 0 Å². The van der Waals surface area contributed by atoms with Gasteiger partial charge in [0, 0.05) is 6.07 Å². The van der Waals surface area contributed by atoms with Gasteiger partial charge in [0.25, 0.3) is 5.91 Å². The first-order valence-electron chi connectivity index (χ1n) is 5.43. The van der Waals surface area contributed by atoms with Crippen molar-refractivity contribution in [1.29, 1.82) is 0 Å². The molecule has 2 rings (SSSR count). The van der Waals surface area contributed by atoms with Crippen molar-refractivity contribution in [3.63, 3.8) is 0 Å². The van der Waals surface area contributed by atoms with Crippen LogP contribution in [-0.4, -0.2) is 18.8 Å². The third-order valence-electron chi connectivity index (χ3n) is 2.49. The van der Waals surface area contributed by atoms with Crippen molar-refractivity contribution in [1.82, 2.24) is 0 Å². The summed E-state index contributed by atoms with van der Waals surface area (Å²) in [4.78, 5) is 11.2. The molecule has 1 amide bonds. The van der Waals surface area contributed by atoms with E-state index < -0.39 is 12.0 Å². The quantitative estimate of drug-likeness (QED) is 0.856. The molecule has 1 aliphatic rings. The molecule has 0 radical (unpaired) electrons. The third kappa shape index (κ3) is 2.43. The molecular weight excluding hydrogens is 222 g/mol.